The van der Waals surface area contributed by atoms with Crippen LogP contribution in [0.4, 0.5) is 4.39 Å². The van der Waals surface area contributed by atoms with Crippen molar-refractivity contribution in [3.63, 3.8) is 0 Å². The lowest BCUT2D eigenvalue weighted by molar-refractivity contribution is 0.0718. The number of nitrogens with zero attached hydrogens (tertiary/aromatic N) is 1. The number of piperidine rings is 1. The molecule has 0 amide bonds. The first kappa shape index (κ1) is 20.6. The monoisotopic (exact) mass is 392 g/mol. The average molecular weight is 393 g/mol. The number of sulfonamides is 1. The van der Waals surface area contributed by atoms with Crippen molar-refractivity contribution in [1.82, 2.24) is 9.62 Å². The second kappa shape index (κ2) is 8.31. The van der Waals surface area contributed by atoms with Crippen molar-refractivity contribution < 1.29 is 17.5 Å². The van der Waals surface area contributed by atoms with Gasteiger partial charge in [0.1, 0.15) is 5.82 Å². The highest BCUT2D eigenvalue weighted by molar-refractivity contribution is 7.88. The molecule has 1 spiro atoms. The van der Waals surface area contributed by atoms with Crippen LogP contribution in [0.3, 0.4) is 0 Å². The smallest absolute Gasteiger partial charge is 0.218 e. The number of benzene rings is 1. The van der Waals surface area contributed by atoms with Gasteiger partial charge in [-0.25, -0.2) is 17.1 Å². The molecule has 3 rings (SSSR count). The number of ether oxygens (including phenoxy) is 1. The zero-order valence-corrected chi connectivity index (χ0v) is 16.0. The molecule has 1 atom stereocenters. The van der Waals surface area contributed by atoms with E-state index in [1.165, 1.54) is 12.1 Å². The Morgan fingerprint density at radius 1 is 1.32 bits per heavy atom. The van der Waals surface area contributed by atoms with Gasteiger partial charge in [-0.1, -0.05) is 18.2 Å². The summed E-state index contributed by atoms with van der Waals surface area (Å²) in [6, 6.07) is 6.08. The van der Waals surface area contributed by atoms with E-state index in [9.17, 15) is 12.8 Å². The van der Waals surface area contributed by atoms with Crippen LogP contribution in [0.15, 0.2) is 24.3 Å². The van der Waals surface area contributed by atoms with Gasteiger partial charge in [-0.15, -0.1) is 12.4 Å². The van der Waals surface area contributed by atoms with Gasteiger partial charge < -0.3 is 10.1 Å². The summed E-state index contributed by atoms with van der Waals surface area (Å²) in [4.78, 5) is 0. The van der Waals surface area contributed by atoms with Crippen molar-refractivity contribution in [3.05, 3.63) is 35.6 Å². The molecule has 0 aliphatic carbocycles. The number of nitrogens with one attached hydrogen (secondary N) is 1. The lowest BCUT2D eigenvalue weighted by Gasteiger charge is -2.38. The largest absolute Gasteiger partial charge is 0.384 e. The molecule has 1 unspecified atom stereocenters. The highest BCUT2D eigenvalue weighted by Gasteiger charge is 2.49. The van der Waals surface area contributed by atoms with E-state index in [1.54, 1.807) is 23.5 Å². The second-order valence-electron chi connectivity index (χ2n) is 6.90. The maximum absolute atomic E-state index is 13.8. The fraction of sp³-hybridized carbons (Fsp3) is 0.647. The first-order valence-electron chi connectivity index (χ1n) is 8.38. The summed E-state index contributed by atoms with van der Waals surface area (Å²) in [5.74, 6) is -0.557. The number of methoxy groups -OCH3 is 1. The molecule has 2 heterocycles. The molecule has 1 aromatic carbocycles. The first-order chi connectivity index (χ1) is 11.5. The summed E-state index contributed by atoms with van der Waals surface area (Å²) in [5, 5.41) is 3.34. The van der Waals surface area contributed by atoms with Crippen LogP contribution in [0.2, 0.25) is 0 Å². The van der Waals surface area contributed by atoms with E-state index < -0.39 is 15.8 Å². The number of rotatable bonds is 5. The molecule has 5 nitrogen and oxygen atoms in total. The van der Waals surface area contributed by atoms with Gasteiger partial charge in [0.25, 0.3) is 0 Å². The van der Waals surface area contributed by atoms with Gasteiger partial charge in [-0.05, 0) is 37.4 Å². The molecule has 25 heavy (non-hydrogen) atoms. The third-order valence-electron chi connectivity index (χ3n) is 5.44. The Morgan fingerprint density at radius 3 is 2.64 bits per heavy atom. The van der Waals surface area contributed by atoms with Gasteiger partial charge in [0.2, 0.25) is 10.0 Å². The molecular formula is C17H26ClFN2O3S. The normalized spacial score (nSPS) is 23.5. The SMILES string of the molecule is COCC1CN(S(=O)(=O)Cc2ccccc2F)CC12CCNCC2.Cl. The Morgan fingerprint density at radius 2 is 2.00 bits per heavy atom. The zero-order chi connectivity index (χ0) is 17.2. The predicted octanol–water partition coefficient (Wildman–Crippen LogP) is 2.03. The van der Waals surface area contributed by atoms with Crippen LogP contribution < -0.4 is 5.32 Å². The summed E-state index contributed by atoms with van der Waals surface area (Å²) < 4.78 is 46.4. The number of hydrogen-bond acceptors (Lipinski definition) is 4. The molecule has 2 fully saturated rings. The van der Waals surface area contributed by atoms with Gasteiger partial charge in [-0.2, -0.15) is 0 Å². The highest BCUT2D eigenvalue weighted by Crippen LogP contribution is 2.44. The predicted molar refractivity (Wildman–Crippen MR) is 97.7 cm³/mol. The molecule has 0 saturated carbocycles. The molecule has 2 saturated heterocycles. The molecule has 1 N–H and O–H groups in total. The molecule has 8 heteroatoms. The molecule has 2 aliphatic rings. The van der Waals surface area contributed by atoms with Gasteiger partial charge in [-0.3, -0.25) is 0 Å². The Labute approximate surface area is 155 Å². The number of hydrogen-bond donors (Lipinski definition) is 1. The maximum atomic E-state index is 13.8. The lowest BCUT2D eigenvalue weighted by Crippen LogP contribution is -2.43. The minimum atomic E-state index is -3.54. The van der Waals surface area contributed by atoms with Crippen LogP contribution in [0.25, 0.3) is 0 Å². The van der Waals surface area contributed by atoms with Gasteiger partial charge in [0.05, 0.1) is 12.4 Å². The van der Waals surface area contributed by atoms with E-state index in [2.05, 4.69) is 5.32 Å². The molecular weight excluding hydrogens is 367 g/mol. The van der Waals surface area contributed by atoms with Crippen molar-refractivity contribution in [1.29, 1.82) is 0 Å². The summed E-state index contributed by atoms with van der Waals surface area (Å²) in [7, 11) is -1.89. The Balaban J connectivity index is 0.00000225. The second-order valence-corrected chi connectivity index (χ2v) is 8.87. The molecule has 0 bridgehead atoms. The average Bonchev–Trinajstić information content (AvgIpc) is 2.90. The van der Waals surface area contributed by atoms with E-state index in [1.807, 2.05) is 0 Å². The van der Waals surface area contributed by atoms with Crippen LogP contribution in [0, 0.1) is 17.2 Å². The van der Waals surface area contributed by atoms with Crippen LogP contribution >= 0.6 is 12.4 Å². The Hall–Kier alpha value is -0.730. The lowest BCUT2D eigenvalue weighted by atomic mass is 9.71. The zero-order valence-electron chi connectivity index (χ0n) is 14.4. The van der Waals surface area contributed by atoms with Crippen molar-refractivity contribution >= 4 is 22.4 Å². The van der Waals surface area contributed by atoms with E-state index >= 15 is 0 Å². The molecule has 1 aromatic rings. The van der Waals surface area contributed by atoms with Crippen molar-refractivity contribution in [2.45, 2.75) is 18.6 Å². The van der Waals surface area contributed by atoms with E-state index in [4.69, 9.17) is 4.74 Å². The molecule has 0 radical (unpaired) electrons. The van der Waals surface area contributed by atoms with Gasteiger partial charge >= 0.3 is 0 Å². The third kappa shape index (κ3) is 4.34. The first-order valence-corrected chi connectivity index (χ1v) is 9.99. The number of halogens is 2. The summed E-state index contributed by atoms with van der Waals surface area (Å²) in [6.45, 7) is 3.35. The van der Waals surface area contributed by atoms with Gasteiger partial charge in [0, 0.05) is 31.7 Å². The minimum absolute atomic E-state index is 0. The quantitative estimate of drug-likeness (QED) is 0.832. The van der Waals surface area contributed by atoms with Crippen LogP contribution in [-0.2, 0) is 20.5 Å². The highest BCUT2D eigenvalue weighted by atomic mass is 35.5. The van der Waals surface area contributed by atoms with E-state index in [-0.39, 0.29) is 35.1 Å². The standard InChI is InChI=1S/C17H25FN2O3S.ClH/c1-23-11-15-10-20(13-17(15)6-8-19-9-7-17)24(21,22)12-14-4-2-3-5-16(14)18;/h2-5,15,19H,6-13H2,1H3;1H. The fourth-order valence-corrected chi connectivity index (χ4v) is 5.69. The van der Waals surface area contributed by atoms with E-state index in [0.29, 0.717) is 19.7 Å². The van der Waals surface area contributed by atoms with Crippen LogP contribution in [0.5, 0.6) is 0 Å². The topological polar surface area (TPSA) is 58.6 Å². The fourth-order valence-electron chi connectivity index (χ4n) is 4.02. The molecule has 2 aliphatic heterocycles. The molecule has 0 aromatic heterocycles. The summed E-state index contributed by atoms with van der Waals surface area (Å²) in [6.07, 6.45) is 1.90. The molecule has 142 valence electrons. The summed E-state index contributed by atoms with van der Waals surface area (Å²) >= 11 is 0. The Kier molecular flexibility index (Phi) is 6.84. The van der Waals surface area contributed by atoms with Crippen molar-refractivity contribution in [2.24, 2.45) is 11.3 Å². The van der Waals surface area contributed by atoms with Crippen molar-refractivity contribution in [3.8, 4) is 0 Å². The Bertz CT molecular complexity index is 680. The minimum Gasteiger partial charge on any atom is -0.384 e. The maximum Gasteiger partial charge on any atom is 0.218 e. The third-order valence-corrected chi connectivity index (χ3v) is 7.18. The summed E-state index contributed by atoms with van der Waals surface area (Å²) in [5.41, 5.74) is 0.205. The van der Waals surface area contributed by atoms with Crippen molar-refractivity contribution in [2.75, 3.05) is 39.9 Å². The van der Waals surface area contributed by atoms with Gasteiger partial charge in [0.15, 0.2) is 0 Å². The van der Waals surface area contributed by atoms with Crippen LogP contribution in [-0.4, -0.2) is 52.6 Å². The van der Waals surface area contributed by atoms with Crippen LogP contribution in [0.1, 0.15) is 18.4 Å². The van der Waals surface area contributed by atoms with E-state index in [0.717, 1.165) is 25.9 Å².